The van der Waals surface area contributed by atoms with Gasteiger partial charge in [0.2, 0.25) is 11.8 Å². The molecule has 4 aromatic rings. The Morgan fingerprint density at radius 3 is 2.81 bits per heavy atom. The van der Waals surface area contributed by atoms with Crippen LogP contribution < -0.4 is 10.1 Å². The summed E-state index contributed by atoms with van der Waals surface area (Å²) in [5.41, 5.74) is 2.38. The van der Waals surface area contributed by atoms with Gasteiger partial charge in [-0.1, -0.05) is 11.3 Å². The molecule has 31 heavy (non-hydrogen) atoms. The van der Waals surface area contributed by atoms with Crippen LogP contribution in [-0.4, -0.2) is 53.5 Å². The van der Waals surface area contributed by atoms with Crippen molar-refractivity contribution in [2.75, 3.05) is 12.4 Å². The highest BCUT2D eigenvalue weighted by Crippen LogP contribution is 2.35. The molecule has 1 aliphatic carbocycles. The molecular formula is C21H24FN7O2. The smallest absolute Gasteiger partial charge is 0.244 e. The zero-order valence-corrected chi connectivity index (χ0v) is 17.6. The second-order valence-electron chi connectivity index (χ2n) is 8.42. The first kappa shape index (κ1) is 19.7. The standard InChI is InChI=1S/C21H24FN7O2/c1-21(30)8-6-13(7-9-21)23-20-24-19(31-3)18-17(14(22)11-29(18)26-20)12-4-5-15-16(10-12)28(2)27-25-15/h4-5,10-11,13,30H,6-9H2,1-3H3,(H,23,26). The van der Waals surface area contributed by atoms with E-state index in [4.69, 9.17) is 4.74 Å². The van der Waals surface area contributed by atoms with Gasteiger partial charge >= 0.3 is 0 Å². The van der Waals surface area contributed by atoms with Crippen LogP contribution in [-0.2, 0) is 7.05 Å². The lowest BCUT2D eigenvalue weighted by atomic mass is 9.84. The molecule has 3 aromatic heterocycles. The molecule has 1 saturated carbocycles. The summed E-state index contributed by atoms with van der Waals surface area (Å²) in [6.07, 6.45) is 4.36. The summed E-state index contributed by atoms with van der Waals surface area (Å²) in [4.78, 5) is 4.49. The molecule has 0 amide bonds. The third kappa shape index (κ3) is 3.46. The van der Waals surface area contributed by atoms with E-state index in [1.54, 1.807) is 17.8 Å². The van der Waals surface area contributed by atoms with Gasteiger partial charge in [0.25, 0.3) is 0 Å². The zero-order valence-electron chi connectivity index (χ0n) is 17.6. The Balaban J connectivity index is 1.55. The molecule has 3 heterocycles. The molecule has 5 rings (SSSR count). The van der Waals surface area contributed by atoms with Gasteiger partial charge in [0, 0.05) is 13.1 Å². The van der Waals surface area contributed by atoms with Crippen molar-refractivity contribution < 1.29 is 14.2 Å². The number of halogens is 1. The molecule has 0 bridgehead atoms. The van der Waals surface area contributed by atoms with Crippen molar-refractivity contribution in [2.45, 2.75) is 44.2 Å². The quantitative estimate of drug-likeness (QED) is 0.518. The van der Waals surface area contributed by atoms with Gasteiger partial charge in [-0.15, -0.1) is 10.2 Å². The Hall–Kier alpha value is -3.27. The van der Waals surface area contributed by atoms with Crippen LogP contribution >= 0.6 is 0 Å². The monoisotopic (exact) mass is 425 g/mol. The first-order chi connectivity index (χ1) is 14.8. The van der Waals surface area contributed by atoms with E-state index in [0.29, 0.717) is 35.4 Å². The second kappa shape index (κ2) is 7.16. The summed E-state index contributed by atoms with van der Waals surface area (Å²) in [5, 5.41) is 26.0. The summed E-state index contributed by atoms with van der Waals surface area (Å²) in [6.45, 7) is 1.86. The fourth-order valence-electron chi connectivity index (χ4n) is 4.25. The van der Waals surface area contributed by atoms with Gasteiger partial charge in [-0.3, -0.25) is 0 Å². The third-order valence-electron chi connectivity index (χ3n) is 6.04. The molecule has 0 atom stereocenters. The molecular weight excluding hydrogens is 401 g/mol. The van der Waals surface area contributed by atoms with Crippen LogP contribution in [0.4, 0.5) is 10.3 Å². The van der Waals surface area contributed by atoms with Crippen LogP contribution in [0.2, 0.25) is 0 Å². The van der Waals surface area contributed by atoms with E-state index in [1.165, 1.54) is 17.8 Å². The largest absolute Gasteiger partial charge is 0.479 e. The first-order valence-electron chi connectivity index (χ1n) is 10.3. The van der Waals surface area contributed by atoms with Gasteiger partial charge in [-0.25, -0.2) is 13.6 Å². The lowest BCUT2D eigenvalue weighted by Crippen LogP contribution is -2.36. The van der Waals surface area contributed by atoms with Gasteiger partial charge in [0.15, 0.2) is 5.82 Å². The van der Waals surface area contributed by atoms with E-state index in [-0.39, 0.29) is 11.9 Å². The lowest BCUT2D eigenvalue weighted by molar-refractivity contribution is 0.0195. The second-order valence-corrected chi connectivity index (χ2v) is 8.42. The predicted octanol–water partition coefficient (Wildman–Crippen LogP) is 2.93. The van der Waals surface area contributed by atoms with Crippen molar-refractivity contribution in [2.24, 2.45) is 7.05 Å². The number of hydrogen-bond donors (Lipinski definition) is 2. The van der Waals surface area contributed by atoms with Gasteiger partial charge in [-0.05, 0) is 50.3 Å². The van der Waals surface area contributed by atoms with Crippen molar-refractivity contribution in [3.8, 4) is 17.0 Å². The normalized spacial score (nSPS) is 21.6. The number of nitrogens with one attached hydrogen (secondary N) is 1. The minimum absolute atomic E-state index is 0.141. The maximum absolute atomic E-state index is 15.1. The number of methoxy groups -OCH3 is 1. The molecule has 0 unspecified atom stereocenters. The summed E-state index contributed by atoms with van der Waals surface area (Å²) < 4.78 is 23.7. The summed E-state index contributed by atoms with van der Waals surface area (Å²) in [6, 6.07) is 5.59. The van der Waals surface area contributed by atoms with Crippen LogP contribution in [0.5, 0.6) is 5.88 Å². The number of hydrogen-bond acceptors (Lipinski definition) is 7. The highest BCUT2D eigenvalue weighted by Gasteiger charge is 2.29. The number of nitrogens with zero attached hydrogens (tertiary/aromatic N) is 6. The average molecular weight is 425 g/mol. The van der Waals surface area contributed by atoms with Crippen LogP contribution in [0.25, 0.3) is 27.7 Å². The molecule has 162 valence electrons. The topological polar surface area (TPSA) is 102 Å². The highest BCUT2D eigenvalue weighted by atomic mass is 19.1. The van der Waals surface area contributed by atoms with Gasteiger partial charge in [0.1, 0.15) is 11.0 Å². The number of ether oxygens (including phenoxy) is 1. The van der Waals surface area contributed by atoms with E-state index < -0.39 is 11.4 Å². The van der Waals surface area contributed by atoms with Crippen molar-refractivity contribution in [3.63, 3.8) is 0 Å². The Bertz CT molecular complexity index is 1270. The molecule has 2 N–H and O–H groups in total. The number of aliphatic hydroxyl groups is 1. The molecule has 10 heteroatoms. The van der Waals surface area contributed by atoms with E-state index >= 15 is 4.39 Å². The highest BCUT2D eigenvalue weighted by molar-refractivity contribution is 5.89. The zero-order chi connectivity index (χ0) is 21.8. The molecule has 0 saturated heterocycles. The molecule has 1 fully saturated rings. The molecule has 1 aliphatic rings. The Morgan fingerprint density at radius 1 is 1.29 bits per heavy atom. The number of benzene rings is 1. The van der Waals surface area contributed by atoms with E-state index in [2.05, 4.69) is 25.7 Å². The average Bonchev–Trinajstić information content (AvgIpc) is 3.27. The Kier molecular flexibility index (Phi) is 4.54. The number of rotatable bonds is 4. The van der Waals surface area contributed by atoms with Crippen LogP contribution in [0, 0.1) is 5.82 Å². The molecule has 9 nitrogen and oxygen atoms in total. The summed E-state index contributed by atoms with van der Waals surface area (Å²) in [5.74, 6) is 0.221. The number of aromatic nitrogens is 6. The maximum Gasteiger partial charge on any atom is 0.244 e. The Morgan fingerprint density at radius 2 is 2.06 bits per heavy atom. The molecule has 1 aromatic carbocycles. The van der Waals surface area contributed by atoms with Crippen LogP contribution in [0.1, 0.15) is 32.6 Å². The maximum atomic E-state index is 15.1. The van der Waals surface area contributed by atoms with E-state index in [1.807, 2.05) is 19.1 Å². The third-order valence-corrected chi connectivity index (χ3v) is 6.04. The van der Waals surface area contributed by atoms with Crippen molar-refractivity contribution in [1.29, 1.82) is 0 Å². The van der Waals surface area contributed by atoms with E-state index in [9.17, 15) is 5.11 Å². The van der Waals surface area contributed by atoms with Crippen LogP contribution in [0.3, 0.4) is 0 Å². The Labute approximate surface area is 177 Å². The fourth-order valence-corrected chi connectivity index (χ4v) is 4.25. The molecule has 0 spiro atoms. The van der Waals surface area contributed by atoms with Crippen LogP contribution in [0.15, 0.2) is 24.4 Å². The molecule has 0 radical (unpaired) electrons. The fraction of sp³-hybridized carbons (Fsp3) is 0.429. The van der Waals surface area contributed by atoms with Gasteiger partial charge in [0.05, 0.1) is 30.0 Å². The number of fused-ring (bicyclic) bond motifs is 2. The molecule has 0 aliphatic heterocycles. The van der Waals surface area contributed by atoms with Crippen molar-refractivity contribution in [3.05, 3.63) is 30.2 Å². The minimum atomic E-state index is -0.621. The lowest BCUT2D eigenvalue weighted by Gasteiger charge is -2.33. The van der Waals surface area contributed by atoms with Gasteiger partial charge in [-0.2, -0.15) is 4.98 Å². The predicted molar refractivity (Wildman–Crippen MR) is 114 cm³/mol. The van der Waals surface area contributed by atoms with Gasteiger partial charge < -0.3 is 15.2 Å². The summed E-state index contributed by atoms with van der Waals surface area (Å²) in [7, 11) is 3.30. The summed E-state index contributed by atoms with van der Waals surface area (Å²) >= 11 is 0. The first-order valence-corrected chi connectivity index (χ1v) is 10.3. The van der Waals surface area contributed by atoms with Crippen molar-refractivity contribution >= 4 is 22.5 Å². The number of aryl methyl sites for hydroxylation is 1. The minimum Gasteiger partial charge on any atom is -0.479 e. The van der Waals surface area contributed by atoms with E-state index in [0.717, 1.165) is 23.9 Å². The van der Waals surface area contributed by atoms with Crippen molar-refractivity contribution in [1.82, 2.24) is 29.6 Å². The number of anilines is 1. The SMILES string of the molecule is COc1nc(NC2CCC(C)(O)CC2)nn2cc(F)c(-c3ccc4nnn(C)c4c3)c12.